The van der Waals surface area contributed by atoms with Gasteiger partial charge >= 0.3 is 12.0 Å². The van der Waals surface area contributed by atoms with Crippen LogP contribution in [-0.4, -0.2) is 29.7 Å². The minimum absolute atomic E-state index is 0.157. The maximum Gasteiger partial charge on any atom is 0.314 e. The summed E-state index contributed by atoms with van der Waals surface area (Å²) in [5, 5.41) is 14.4. The van der Waals surface area contributed by atoms with Crippen molar-refractivity contribution in [3.8, 4) is 0 Å². The van der Waals surface area contributed by atoms with Crippen LogP contribution in [0.3, 0.4) is 0 Å². The molecule has 5 nitrogen and oxygen atoms in total. The maximum atomic E-state index is 11.6. The summed E-state index contributed by atoms with van der Waals surface area (Å²) < 4.78 is 0. The van der Waals surface area contributed by atoms with E-state index in [2.05, 4.69) is 17.6 Å². The summed E-state index contributed by atoms with van der Waals surface area (Å²) in [7, 11) is 0. The van der Waals surface area contributed by atoms with Gasteiger partial charge in [0.1, 0.15) is 0 Å². The molecular weight excluding hydrogens is 256 g/mol. The Bertz CT molecular complexity index is 282. The van der Waals surface area contributed by atoms with Gasteiger partial charge in [0.15, 0.2) is 0 Å². The van der Waals surface area contributed by atoms with E-state index in [-0.39, 0.29) is 18.0 Å². The van der Waals surface area contributed by atoms with Crippen LogP contribution in [0.4, 0.5) is 4.79 Å². The summed E-state index contributed by atoms with van der Waals surface area (Å²) >= 11 is 0. The summed E-state index contributed by atoms with van der Waals surface area (Å²) in [4.78, 5) is 22.2. The van der Waals surface area contributed by atoms with Crippen molar-refractivity contribution in [1.82, 2.24) is 10.6 Å². The van der Waals surface area contributed by atoms with E-state index in [0.29, 0.717) is 19.4 Å². The number of hydrogen-bond donors (Lipinski definition) is 3. The fourth-order valence-electron chi connectivity index (χ4n) is 1.96. The number of carbonyl (C=O) groups is 2. The van der Waals surface area contributed by atoms with Gasteiger partial charge < -0.3 is 15.7 Å². The largest absolute Gasteiger partial charge is 0.481 e. The SMILES string of the molecule is CCCCCCC(C)NC(=O)NCCCC(C)C(=O)O. The van der Waals surface area contributed by atoms with Gasteiger partial charge in [-0.3, -0.25) is 4.79 Å². The number of nitrogens with one attached hydrogen (secondary N) is 2. The zero-order chi connectivity index (χ0) is 15.4. The molecule has 0 spiro atoms. The number of urea groups is 1. The number of aliphatic carboxylic acids is 1. The first-order chi connectivity index (χ1) is 9.47. The van der Waals surface area contributed by atoms with E-state index < -0.39 is 5.97 Å². The van der Waals surface area contributed by atoms with Crippen LogP contribution in [0.25, 0.3) is 0 Å². The Kier molecular flexibility index (Phi) is 10.8. The zero-order valence-corrected chi connectivity index (χ0v) is 13.1. The number of amides is 2. The van der Waals surface area contributed by atoms with E-state index in [1.807, 2.05) is 6.92 Å². The lowest BCUT2D eigenvalue weighted by molar-refractivity contribution is -0.141. The van der Waals surface area contributed by atoms with Crippen LogP contribution in [0.1, 0.15) is 65.7 Å². The number of carboxylic acids is 1. The Labute approximate surface area is 122 Å². The molecule has 0 aliphatic heterocycles. The second-order valence-electron chi connectivity index (χ2n) is 5.53. The highest BCUT2D eigenvalue weighted by molar-refractivity contribution is 5.74. The molecule has 0 aromatic carbocycles. The molecule has 0 heterocycles. The van der Waals surface area contributed by atoms with Gasteiger partial charge in [-0.05, 0) is 26.2 Å². The van der Waals surface area contributed by atoms with E-state index in [1.54, 1.807) is 6.92 Å². The Morgan fingerprint density at radius 2 is 1.75 bits per heavy atom. The van der Waals surface area contributed by atoms with E-state index in [9.17, 15) is 9.59 Å². The van der Waals surface area contributed by atoms with Gasteiger partial charge in [0.05, 0.1) is 5.92 Å². The third kappa shape index (κ3) is 10.6. The number of carboxylic acid groups (broad SMARTS) is 1. The van der Waals surface area contributed by atoms with Crippen LogP contribution < -0.4 is 10.6 Å². The topological polar surface area (TPSA) is 78.4 Å². The van der Waals surface area contributed by atoms with Crippen LogP contribution in [0.2, 0.25) is 0 Å². The summed E-state index contributed by atoms with van der Waals surface area (Å²) in [6, 6.07) is 0.0285. The highest BCUT2D eigenvalue weighted by Crippen LogP contribution is 2.05. The summed E-state index contributed by atoms with van der Waals surface area (Å²) in [6.45, 7) is 6.39. The molecule has 2 unspecified atom stereocenters. The molecule has 2 amide bonds. The van der Waals surface area contributed by atoms with E-state index >= 15 is 0 Å². The molecule has 0 saturated carbocycles. The number of carbonyl (C=O) groups excluding carboxylic acids is 1. The summed E-state index contributed by atoms with van der Waals surface area (Å²) in [5.41, 5.74) is 0. The standard InChI is InChI=1S/C15H30N2O3/c1-4-5-6-7-10-13(3)17-15(20)16-11-8-9-12(2)14(18)19/h12-13H,4-11H2,1-3H3,(H,18,19)(H2,16,17,20). The van der Waals surface area contributed by atoms with Crippen LogP contribution in [-0.2, 0) is 4.79 Å². The quantitative estimate of drug-likeness (QED) is 0.510. The molecule has 5 heteroatoms. The van der Waals surface area contributed by atoms with Gasteiger partial charge in [-0.1, -0.05) is 39.5 Å². The molecule has 0 saturated heterocycles. The Hall–Kier alpha value is -1.26. The molecule has 0 aliphatic rings. The molecule has 0 radical (unpaired) electrons. The third-order valence-corrected chi connectivity index (χ3v) is 3.39. The predicted molar refractivity (Wildman–Crippen MR) is 80.8 cm³/mol. The molecule has 3 N–H and O–H groups in total. The molecular formula is C15H30N2O3. The monoisotopic (exact) mass is 286 g/mol. The first-order valence-corrected chi connectivity index (χ1v) is 7.74. The lowest BCUT2D eigenvalue weighted by Crippen LogP contribution is -2.41. The van der Waals surface area contributed by atoms with Crippen LogP contribution in [0.5, 0.6) is 0 Å². The van der Waals surface area contributed by atoms with Crippen molar-refractivity contribution in [2.75, 3.05) is 6.54 Å². The fraction of sp³-hybridized carbons (Fsp3) is 0.867. The second kappa shape index (κ2) is 11.6. The minimum atomic E-state index is -0.782. The Morgan fingerprint density at radius 1 is 1.05 bits per heavy atom. The van der Waals surface area contributed by atoms with Gasteiger partial charge in [0.25, 0.3) is 0 Å². The highest BCUT2D eigenvalue weighted by atomic mass is 16.4. The first-order valence-electron chi connectivity index (χ1n) is 7.74. The second-order valence-corrected chi connectivity index (χ2v) is 5.53. The smallest absolute Gasteiger partial charge is 0.314 e. The van der Waals surface area contributed by atoms with Crippen molar-refractivity contribution in [3.05, 3.63) is 0 Å². The van der Waals surface area contributed by atoms with E-state index in [0.717, 1.165) is 12.8 Å². The number of rotatable bonds is 11. The van der Waals surface area contributed by atoms with Crippen LogP contribution in [0, 0.1) is 5.92 Å². The molecule has 0 aromatic rings. The molecule has 0 aromatic heterocycles. The fourth-order valence-corrected chi connectivity index (χ4v) is 1.96. The predicted octanol–water partition coefficient (Wildman–Crippen LogP) is 3.15. The average Bonchev–Trinajstić information content (AvgIpc) is 2.39. The molecule has 20 heavy (non-hydrogen) atoms. The molecule has 0 bridgehead atoms. The van der Waals surface area contributed by atoms with Gasteiger partial charge in [-0.15, -0.1) is 0 Å². The van der Waals surface area contributed by atoms with Crippen molar-refractivity contribution in [3.63, 3.8) is 0 Å². The third-order valence-electron chi connectivity index (χ3n) is 3.39. The van der Waals surface area contributed by atoms with E-state index in [4.69, 9.17) is 5.11 Å². The zero-order valence-electron chi connectivity index (χ0n) is 13.1. The van der Waals surface area contributed by atoms with Gasteiger partial charge in [0.2, 0.25) is 0 Å². The lowest BCUT2D eigenvalue weighted by Gasteiger charge is -2.14. The van der Waals surface area contributed by atoms with Gasteiger partial charge in [-0.2, -0.15) is 0 Å². The Balaban J connectivity index is 3.55. The molecule has 0 rings (SSSR count). The Morgan fingerprint density at radius 3 is 2.35 bits per heavy atom. The molecule has 118 valence electrons. The molecule has 0 fully saturated rings. The first kappa shape index (κ1) is 18.7. The lowest BCUT2D eigenvalue weighted by atomic mass is 10.1. The summed E-state index contributed by atoms with van der Waals surface area (Å²) in [5.74, 6) is -1.13. The van der Waals surface area contributed by atoms with Crippen molar-refractivity contribution in [2.24, 2.45) is 5.92 Å². The number of unbranched alkanes of at least 4 members (excludes halogenated alkanes) is 3. The molecule has 0 aliphatic carbocycles. The van der Waals surface area contributed by atoms with Crippen molar-refractivity contribution < 1.29 is 14.7 Å². The van der Waals surface area contributed by atoms with E-state index in [1.165, 1.54) is 19.3 Å². The minimum Gasteiger partial charge on any atom is -0.481 e. The van der Waals surface area contributed by atoms with Crippen molar-refractivity contribution in [2.45, 2.75) is 71.8 Å². The van der Waals surface area contributed by atoms with Crippen molar-refractivity contribution >= 4 is 12.0 Å². The normalized spacial score (nSPS) is 13.6. The molecule has 2 atom stereocenters. The van der Waals surface area contributed by atoms with Gasteiger partial charge in [-0.25, -0.2) is 4.79 Å². The number of hydrogen-bond acceptors (Lipinski definition) is 2. The highest BCUT2D eigenvalue weighted by Gasteiger charge is 2.10. The van der Waals surface area contributed by atoms with Crippen molar-refractivity contribution in [1.29, 1.82) is 0 Å². The summed E-state index contributed by atoms with van der Waals surface area (Å²) in [6.07, 6.45) is 7.11. The van der Waals surface area contributed by atoms with Crippen LogP contribution >= 0.6 is 0 Å². The van der Waals surface area contributed by atoms with Gasteiger partial charge in [0, 0.05) is 12.6 Å². The van der Waals surface area contributed by atoms with Crippen LogP contribution in [0.15, 0.2) is 0 Å². The average molecular weight is 286 g/mol. The maximum absolute atomic E-state index is 11.6.